The number of benzene rings is 2. The number of halogens is 1. The predicted octanol–water partition coefficient (Wildman–Crippen LogP) is 3.84. The number of hydrogen-bond donors (Lipinski definition) is 1. The van der Waals surface area contributed by atoms with Crippen LogP contribution in [0.15, 0.2) is 47.4 Å². The third kappa shape index (κ3) is 3.32. The molecule has 0 aromatic heterocycles. The summed E-state index contributed by atoms with van der Waals surface area (Å²) in [5.41, 5.74) is 3.15. The number of rotatable bonds is 4. The SMILES string of the molecule is Cc1ccc(S(=O)(=O)Nc2cccc(CCl)c2)c(C)c1. The van der Waals surface area contributed by atoms with Crippen molar-refractivity contribution in [1.82, 2.24) is 0 Å². The minimum absolute atomic E-state index is 0.291. The maximum Gasteiger partial charge on any atom is 0.262 e. The van der Waals surface area contributed by atoms with Gasteiger partial charge in [0.25, 0.3) is 10.0 Å². The molecule has 5 heteroatoms. The van der Waals surface area contributed by atoms with E-state index in [1.807, 2.05) is 19.1 Å². The standard InChI is InChI=1S/C15H16ClNO2S/c1-11-6-7-15(12(2)8-11)20(18,19)17-14-5-3-4-13(9-14)10-16/h3-9,17H,10H2,1-2H3. The molecule has 0 saturated carbocycles. The summed E-state index contributed by atoms with van der Waals surface area (Å²) in [6.45, 7) is 3.72. The van der Waals surface area contributed by atoms with Gasteiger partial charge in [0.05, 0.1) is 4.90 Å². The quantitative estimate of drug-likeness (QED) is 0.872. The highest BCUT2D eigenvalue weighted by Gasteiger charge is 2.16. The van der Waals surface area contributed by atoms with Crippen molar-refractivity contribution in [2.24, 2.45) is 0 Å². The number of anilines is 1. The molecule has 0 amide bonds. The Kier molecular flexibility index (Phi) is 4.35. The molecule has 0 saturated heterocycles. The normalized spacial score (nSPS) is 11.3. The van der Waals surface area contributed by atoms with Crippen LogP contribution < -0.4 is 4.72 Å². The van der Waals surface area contributed by atoms with E-state index >= 15 is 0 Å². The molecular weight excluding hydrogens is 294 g/mol. The first-order valence-corrected chi connectivity index (χ1v) is 8.19. The first kappa shape index (κ1) is 14.9. The smallest absolute Gasteiger partial charge is 0.262 e. The van der Waals surface area contributed by atoms with Gasteiger partial charge < -0.3 is 0 Å². The largest absolute Gasteiger partial charge is 0.280 e. The van der Waals surface area contributed by atoms with Gasteiger partial charge in [0, 0.05) is 11.6 Å². The second kappa shape index (κ2) is 5.85. The van der Waals surface area contributed by atoms with Crippen LogP contribution >= 0.6 is 11.6 Å². The Labute approximate surface area is 124 Å². The van der Waals surface area contributed by atoms with E-state index in [1.165, 1.54) is 0 Å². The second-order valence-corrected chi connectivity index (χ2v) is 6.63. The molecule has 2 aromatic carbocycles. The summed E-state index contributed by atoms with van der Waals surface area (Å²) in [5, 5.41) is 0. The van der Waals surface area contributed by atoms with E-state index in [0.29, 0.717) is 16.5 Å². The van der Waals surface area contributed by atoms with Gasteiger partial charge in [-0.2, -0.15) is 0 Å². The van der Waals surface area contributed by atoms with Gasteiger partial charge in [-0.3, -0.25) is 4.72 Å². The third-order valence-electron chi connectivity index (χ3n) is 2.95. The van der Waals surface area contributed by atoms with Crippen molar-refractivity contribution >= 4 is 27.3 Å². The molecule has 106 valence electrons. The average Bonchev–Trinajstić information content (AvgIpc) is 2.37. The van der Waals surface area contributed by atoms with Crippen molar-refractivity contribution < 1.29 is 8.42 Å². The lowest BCUT2D eigenvalue weighted by atomic mass is 10.2. The molecule has 0 spiro atoms. The molecule has 0 aliphatic heterocycles. The second-order valence-electron chi connectivity index (χ2n) is 4.71. The molecule has 1 N–H and O–H groups in total. The van der Waals surface area contributed by atoms with Crippen molar-refractivity contribution in [2.75, 3.05) is 4.72 Å². The summed E-state index contributed by atoms with van der Waals surface area (Å²) in [6.07, 6.45) is 0. The Morgan fingerprint density at radius 2 is 1.85 bits per heavy atom. The third-order valence-corrected chi connectivity index (χ3v) is 4.80. The lowest BCUT2D eigenvalue weighted by molar-refractivity contribution is 0.600. The minimum Gasteiger partial charge on any atom is -0.280 e. The van der Waals surface area contributed by atoms with Crippen LogP contribution in [-0.2, 0) is 15.9 Å². The number of nitrogens with one attached hydrogen (secondary N) is 1. The Bertz CT molecular complexity index is 726. The Morgan fingerprint density at radius 1 is 1.10 bits per heavy atom. The van der Waals surface area contributed by atoms with Gasteiger partial charge >= 0.3 is 0 Å². The van der Waals surface area contributed by atoms with E-state index < -0.39 is 10.0 Å². The Hall–Kier alpha value is -1.52. The summed E-state index contributed by atoms with van der Waals surface area (Å²) in [5.74, 6) is 0.346. The zero-order valence-electron chi connectivity index (χ0n) is 11.4. The van der Waals surface area contributed by atoms with Crippen molar-refractivity contribution in [1.29, 1.82) is 0 Å². The number of sulfonamides is 1. The van der Waals surface area contributed by atoms with Gasteiger partial charge in [-0.25, -0.2) is 8.42 Å². The van der Waals surface area contributed by atoms with E-state index in [-0.39, 0.29) is 0 Å². The van der Waals surface area contributed by atoms with Gasteiger partial charge in [0.15, 0.2) is 0 Å². The summed E-state index contributed by atoms with van der Waals surface area (Å²) in [4.78, 5) is 0.291. The van der Waals surface area contributed by atoms with Gasteiger partial charge in [-0.05, 0) is 43.2 Å². The van der Waals surface area contributed by atoms with Gasteiger partial charge in [-0.15, -0.1) is 11.6 Å². The van der Waals surface area contributed by atoms with Crippen LogP contribution in [-0.4, -0.2) is 8.42 Å². The highest BCUT2D eigenvalue weighted by molar-refractivity contribution is 7.92. The summed E-state index contributed by atoms with van der Waals surface area (Å²) in [6, 6.07) is 12.3. The predicted molar refractivity (Wildman–Crippen MR) is 82.7 cm³/mol. The average molecular weight is 310 g/mol. The Morgan fingerprint density at radius 3 is 2.50 bits per heavy atom. The molecule has 0 aliphatic carbocycles. The molecule has 0 heterocycles. The van der Waals surface area contributed by atoms with Crippen molar-refractivity contribution in [3.63, 3.8) is 0 Å². The number of alkyl halides is 1. The van der Waals surface area contributed by atoms with E-state index in [1.54, 1.807) is 37.3 Å². The molecule has 20 heavy (non-hydrogen) atoms. The highest BCUT2D eigenvalue weighted by Crippen LogP contribution is 2.21. The summed E-state index contributed by atoms with van der Waals surface area (Å²) >= 11 is 5.75. The maximum atomic E-state index is 12.4. The fraction of sp³-hybridized carbons (Fsp3) is 0.200. The summed E-state index contributed by atoms with van der Waals surface area (Å²) < 4.78 is 27.4. The van der Waals surface area contributed by atoms with Crippen LogP contribution in [0.2, 0.25) is 0 Å². The first-order chi connectivity index (χ1) is 9.42. The van der Waals surface area contributed by atoms with E-state index in [2.05, 4.69) is 4.72 Å². The summed E-state index contributed by atoms with van der Waals surface area (Å²) in [7, 11) is -3.58. The number of aryl methyl sites for hydroxylation is 2. The first-order valence-electron chi connectivity index (χ1n) is 6.17. The van der Waals surface area contributed by atoms with E-state index in [4.69, 9.17) is 11.6 Å². The van der Waals surface area contributed by atoms with Crippen molar-refractivity contribution in [2.45, 2.75) is 24.6 Å². The van der Waals surface area contributed by atoms with Crippen molar-refractivity contribution in [3.8, 4) is 0 Å². The Balaban J connectivity index is 2.35. The lowest BCUT2D eigenvalue weighted by Gasteiger charge is -2.11. The minimum atomic E-state index is -3.58. The molecule has 0 aliphatic rings. The number of hydrogen-bond acceptors (Lipinski definition) is 2. The molecule has 0 radical (unpaired) electrons. The molecule has 0 fully saturated rings. The molecule has 0 unspecified atom stereocenters. The van der Waals surface area contributed by atoms with Crippen molar-refractivity contribution in [3.05, 3.63) is 59.2 Å². The van der Waals surface area contributed by atoms with E-state index in [9.17, 15) is 8.42 Å². The molecule has 3 nitrogen and oxygen atoms in total. The van der Waals surface area contributed by atoms with Crippen LogP contribution in [0.5, 0.6) is 0 Å². The lowest BCUT2D eigenvalue weighted by Crippen LogP contribution is -2.14. The van der Waals surface area contributed by atoms with Crippen LogP contribution in [0.25, 0.3) is 0 Å². The molecule has 0 bridgehead atoms. The molecule has 2 aromatic rings. The van der Waals surface area contributed by atoms with Gasteiger partial charge in [0.1, 0.15) is 0 Å². The van der Waals surface area contributed by atoms with Crippen LogP contribution in [0.3, 0.4) is 0 Å². The monoisotopic (exact) mass is 309 g/mol. The van der Waals surface area contributed by atoms with Crippen LogP contribution in [0, 0.1) is 13.8 Å². The van der Waals surface area contributed by atoms with Crippen LogP contribution in [0.1, 0.15) is 16.7 Å². The topological polar surface area (TPSA) is 46.2 Å². The van der Waals surface area contributed by atoms with Gasteiger partial charge in [0.2, 0.25) is 0 Å². The van der Waals surface area contributed by atoms with E-state index in [0.717, 1.165) is 16.7 Å². The highest BCUT2D eigenvalue weighted by atomic mass is 35.5. The fourth-order valence-corrected chi connectivity index (χ4v) is 3.47. The molecule has 2 rings (SSSR count). The zero-order valence-corrected chi connectivity index (χ0v) is 12.9. The zero-order chi connectivity index (χ0) is 14.8. The van der Waals surface area contributed by atoms with Crippen LogP contribution in [0.4, 0.5) is 5.69 Å². The fourth-order valence-electron chi connectivity index (χ4n) is 2.03. The van der Waals surface area contributed by atoms with Gasteiger partial charge in [-0.1, -0.05) is 29.8 Å². The molecule has 0 atom stereocenters. The maximum absolute atomic E-state index is 12.4. The molecular formula is C15H16ClNO2S.